The van der Waals surface area contributed by atoms with Gasteiger partial charge in [0.2, 0.25) is 5.91 Å². The average Bonchev–Trinajstić information content (AvgIpc) is 2.93. The van der Waals surface area contributed by atoms with Crippen molar-refractivity contribution in [3.63, 3.8) is 0 Å². The summed E-state index contributed by atoms with van der Waals surface area (Å²) < 4.78 is 0.894. The molecule has 0 bridgehead atoms. The number of carbonyl (C=O) groups excluding carboxylic acids is 2. The lowest BCUT2D eigenvalue weighted by Gasteiger charge is -2.16. The van der Waals surface area contributed by atoms with Crippen molar-refractivity contribution < 1.29 is 9.59 Å². The average molecular weight is 381 g/mol. The standard InChI is InChI=1S/C16H17BrN2O2S/c1-3-11-6-4-5-7-12(11)18-15(20)10-19(2)16(21)13-8-9-14(17)22-13/h4-9H,3,10H2,1-2H3,(H,18,20). The van der Waals surface area contributed by atoms with Crippen LogP contribution in [0.3, 0.4) is 0 Å². The van der Waals surface area contributed by atoms with E-state index in [-0.39, 0.29) is 18.4 Å². The summed E-state index contributed by atoms with van der Waals surface area (Å²) in [5, 5.41) is 2.87. The molecule has 0 spiro atoms. The van der Waals surface area contributed by atoms with Gasteiger partial charge in [-0.3, -0.25) is 9.59 Å². The van der Waals surface area contributed by atoms with Gasteiger partial charge in [-0.15, -0.1) is 11.3 Å². The van der Waals surface area contributed by atoms with Crippen molar-refractivity contribution in [2.75, 3.05) is 18.9 Å². The van der Waals surface area contributed by atoms with Crippen LogP contribution in [0.2, 0.25) is 0 Å². The summed E-state index contributed by atoms with van der Waals surface area (Å²) in [5.74, 6) is -0.359. The third-order valence-electron chi connectivity index (χ3n) is 3.18. The number of rotatable bonds is 5. The zero-order valence-electron chi connectivity index (χ0n) is 12.4. The highest BCUT2D eigenvalue weighted by atomic mass is 79.9. The van der Waals surface area contributed by atoms with Gasteiger partial charge in [-0.2, -0.15) is 0 Å². The minimum absolute atomic E-state index is 0.0202. The molecule has 2 rings (SSSR count). The summed E-state index contributed by atoms with van der Waals surface area (Å²) in [6.07, 6.45) is 0.842. The number of hydrogen-bond acceptors (Lipinski definition) is 3. The molecule has 1 aromatic carbocycles. The van der Waals surface area contributed by atoms with Gasteiger partial charge in [-0.05, 0) is 46.1 Å². The Labute approximate surface area is 142 Å². The Morgan fingerprint density at radius 3 is 2.59 bits per heavy atom. The van der Waals surface area contributed by atoms with E-state index in [9.17, 15) is 9.59 Å². The Balaban J connectivity index is 1.98. The molecule has 0 unspecified atom stereocenters. The van der Waals surface area contributed by atoms with E-state index in [1.807, 2.05) is 37.3 Å². The first-order valence-electron chi connectivity index (χ1n) is 6.89. The highest BCUT2D eigenvalue weighted by Crippen LogP contribution is 2.23. The molecular formula is C16H17BrN2O2S. The molecule has 1 aromatic heterocycles. The molecule has 0 fully saturated rings. The number of hydrogen-bond donors (Lipinski definition) is 1. The molecule has 6 heteroatoms. The van der Waals surface area contributed by atoms with Crippen LogP contribution < -0.4 is 5.32 Å². The normalized spacial score (nSPS) is 10.3. The van der Waals surface area contributed by atoms with Crippen LogP contribution in [0.25, 0.3) is 0 Å². The number of aryl methyl sites for hydroxylation is 1. The lowest BCUT2D eigenvalue weighted by molar-refractivity contribution is -0.116. The third kappa shape index (κ3) is 4.18. The maximum Gasteiger partial charge on any atom is 0.264 e. The molecule has 0 saturated carbocycles. The van der Waals surface area contributed by atoms with E-state index in [0.717, 1.165) is 21.5 Å². The van der Waals surface area contributed by atoms with Crippen molar-refractivity contribution in [1.82, 2.24) is 4.90 Å². The number of anilines is 1. The Bertz CT molecular complexity index is 684. The first-order chi connectivity index (χ1) is 10.5. The van der Waals surface area contributed by atoms with E-state index in [4.69, 9.17) is 0 Å². The van der Waals surface area contributed by atoms with Gasteiger partial charge < -0.3 is 10.2 Å². The van der Waals surface area contributed by atoms with Crippen molar-refractivity contribution >= 4 is 44.8 Å². The van der Waals surface area contributed by atoms with E-state index in [1.54, 1.807) is 13.1 Å². The minimum Gasteiger partial charge on any atom is -0.332 e. The van der Waals surface area contributed by atoms with Gasteiger partial charge in [0.25, 0.3) is 5.91 Å². The molecule has 116 valence electrons. The molecule has 1 heterocycles. The Morgan fingerprint density at radius 1 is 1.23 bits per heavy atom. The van der Waals surface area contributed by atoms with Crippen LogP contribution in [-0.4, -0.2) is 30.3 Å². The van der Waals surface area contributed by atoms with Gasteiger partial charge in [0.05, 0.1) is 15.2 Å². The van der Waals surface area contributed by atoms with Crippen LogP contribution in [0, 0.1) is 0 Å². The summed E-state index contributed by atoms with van der Waals surface area (Å²) in [4.78, 5) is 26.4. The predicted molar refractivity (Wildman–Crippen MR) is 93.4 cm³/mol. The van der Waals surface area contributed by atoms with E-state index >= 15 is 0 Å². The summed E-state index contributed by atoms with van der Waals surface area (Å²) in [6.45, 7) is 2.06. The van der Waals surface area contributed by atoms with Gasteiger partial charge >= 0.3 is 0 Å². The molecule has 0 aliphatic heterocycles. The molecule has 0 atom stereocenters. The molecule has 2 amide bonds. The van der Waals surface area contributed by atoms with Gasteiger partial charge in [0.1, 0.15) is 0 Å². The maximum absolute atomic E-state index is 12.2. The zero-order chi connectivity index (χ0) is 16.1. The van der Waals surface area contributed by atoms with E-state index < -0.39 is 0 Å². The lowest BCUT2D eigenvalue weighted by Crippen LogP contribution is -2.34. The number of nitrogens with one attached hydrogen (secondary N) is 1. The van der Waals surface area contributed by atoms with Crippen LogP contribution >= 0.6 is 27.3 Å². The second-order valence-electron chi connectivity index (χ2n) is 4.82. The van der Waals surface area contributed by atoms with Crippen LogP contribution in [0.1, 0.15) is 22.2 Å². The first kappa shape index (κ1) is 16.7. The largest absolute Gasteiger partial charge is 0.332 e. The number of halogens is 1. The number of nitrogens with zero attached hydrogens (tertiary/aromatic N) is 1. The van der Waals surface area contributed by atoms with Crippen LogP contribution in [0.4, 0.5) is 5.69 Å². The topological polar surface area (TPSA) is 49.4 Å². The first-order valence-corrected chi connectivity index (χ1v) is 8.50. The lowest BCUT2D eigenvalue weighted by atomic mass is 10.1. The van der Waals surface area contributed by atoms with Crippen LogP contribution in [0.5, 0.6) is 0 Å². The Morgan fingerprint density at radius 2 is 1.95 bits per heavy atom. The Kier molecular flexibility index (Phi) is 5.74. The fourth-order valence-electron chi connectivity index (χ4n) is 2.04. The molecule has 0 radical (unpaired) electrons. The minimum atomic E-state index is -0.202. The highest BCUT2D eigenvalue weighted by molar-refractivity contribution is 9.11. The highest BCUT2D eigenvalue weighted by Gasteiger charge is 2.17. The van der Waals surface area contributed by atoms with Crippen molar-refractivity contribution in [2.45, 2.75) is 13.3 Å². The van der Waals surface area contributed by atoms with Crippen molar-refractivity contribution in [1.29, 1.82) is 0 Å². The van der Waals surface area contributed by atoms with Gasteiger partial charge in [0, 0.05) is 12.7 Å². The van der Waals surface area contributed by atoms with Gasteiger partial charge in [-0.1, -0.05) is 25.1 Å². The number of thiophene rings is 1. The zero-order valence-corrected chi connectivity index (χ0v) is 14.8. The van der Waals surface area contributed by atoms with E-state index in [2.05, 4.69) is 21.2 Å². The smallest absolute Gasteiger partial charge is 0.264 e. The van der Waals surface area contributed by atoms with Gasteiger partial charge in [0.15, 0.2) is 0 Å². The molecule has 0 aliphatic rings. The molecule has 0 saturated heterocycles. The quantitative estimate of drug-likeness (QED) is 0.857. The molecule has 1 N–H and O–H groups in total. The SMILES string of the molecule is CCc1ccccc1NC(=O)CN(C)C(=O)c1ccc(Br)s1. The monoisotopic (exact) mass is 380 g/mol. The Hall–Kier alpha value is -1.66. The summed E-state index contributed by atoms with van der Waals surface area (Å²) in [6, 6.07) is 11.2. The molecule has 4 nitrogen and oxygen atoms in total. The second kappa shape index (κ2) is 7.56. The summed E-state index contributed by atoms with van der Waals surface area (Å²) in [5.41, 5.74) is 1.88. The molecular weight excluding hydrogens is 364 g/mol. The second-order valence-corrected chi connectivity index (χ2v) is 7.29. The maximum atomic E-state index is 12.2. The van der Waals surface area contributed by atoms with Gasteiger partial charge in [-0.25, -0.2) is 0 Å². The van der Waals surface area contributed by atoms with Crippen molar-refractivity contribution in [3.8, 4) is 0 Å². The van der Waals surface area contributed by atoms with Crippen LogP contribution in [0.15, 0.2) is 40.2 Å². The fourth-order valence-corrected chi connectivity index (χ4v) is 3.43. The third-order valence-corrected chi connectivity index (χ3v) is 4.80. The summed E-state index contributed by atoms with van der Waals surface area (Å²) in [7, 11) is 1.63. The van der Waals surface area contributed by atoms with E-state index in [1.165, 1.54) is 16.2 Å². The van der Waals surface area contributed by atoms with Crippen molar-refractivity contribution in [2.24, 2.45) is 0 Å². The predicted octanol–water partition coefficient (Wildman–Crippen LogP) is 3.78. The summed E-state index contributed by atoms with van der Waals surface area (Å²) >= 11 is 4.68. The molecule has 0 aliphatic carbocycles. The van der Waals surface area contributed by atoms with Crippen molar-refractivity contribution in [3.05, 3.63) is 50.6 Å². The molecule has 2 aromatic rings. The number of para-hydroxylation sites is 1. The number of carbonyl (C=O) groups is 2. The van der Waals surface area contributed by atoms with E-state index in [0.29, 0.717) is 4.88 Å². The number of benzene rings is 1. The van der Waals surface area contributed by atoms with Crippen LogP contribution in [-0.2, 0) is 11.2 Å². The molecule has 22 heavy (non-hydrogen) atoms. The fraction of sp³-hybridized carbons (Fsp3) is 0.250. The number of amides is 2. The number of likely N-dealkylation sites (N-methyl/N-ethyl adjacent to an activating group) is 1.